The van der Waals surface area contributed by atoms with E-state index in [1.165, 1.54) is 0 Å². The van der Waals surface area contributed by atoms with Gasteiger partial charge in [-0.2, -0.15) is 0 Å². The zero-order chi connectivity index (χ0) is 9.46. The normalized spacial score (nSPS) is 8.79. The van der Waals surface area contributed by atoms with Gasteiger partial charge < -0.3 is 17.0 Å². The molecule has 0 radical (unpaired) electrons. The predicted octanol–water partition coefficient (Wildman–Crippen LogP) is -6.81. The van der Waals surface area contributed by atoms with Crippen LogP contribution < -0.4 is 63.6 Å². The van der Waals surface area contributed by atoms with Crippen molar-refractivity contribution >= 4 is 35.3 Å². The second-order valence-electron chi connectivity index (χ2n) is 1.69. The van der Waals surface area contributed by atoms with Crippen molar-refractivity contribution in [3.05, 3.63) is 31.5 Å². The van der Waals surface area contributed by atoms with Crippen LogP contribution in [-0.2, 0) is 0 Å². The minimum absolute atomic E-state index is 0. The largest absolute Gasteiger partial charge is 1.00 e. The third kappa shape index (κ3) is 2.88. The number of hydrogen-bond donors (Lipinski definition) is 0. The number of halogens is 4. The second kappa shape index (κ2) is 6.37. The molecule has 0 aromatic carbocycles. The Labute approximate surface area is 124 Å². The van der Waals surface area contributed by atoms with Gasteiger partial charge in [-0.05, 0) is 0 Å². The summed E-state index contributed by atoms with van der Waals surface area (Å²) in [7, 11) is 0. The van der Waals surface area contributed by atoms with Crippen LogP contribution >= 0.6 is 35.3 Å². The fourth-order valence-corrected chi connectivity index (χ4v) is 1.05. The predicted molar refractivity (Wildman–Crippen MR) is 43.0 cm³/mol. The van der Waals surface area contributed by atoms with E-state index in [-0.39, 0.29) is 58.8 Å². The Morgan fingerprint density at radius 2 is 0.857 bits per heavy atom. The van der Waals surface area contributed by atoms with Gasteiger partial charge in [0.05, 0.1) is 0 Å². The molecule has 0 saturated carbocycles. The number of hydrogen-bond acceptors (Lipinski definition) is 3. The van der Waals surface area contributed by atoms with Crippen molar-refractivity contribution in [2.45, 2.75) is 0 Å². The molecule has 0 atom stereocenters. The maximum absolute atomic E-state index is 10.8. The molecule has 11 heteroatoms. The maximum Gasteiger partial charge on any atom is 1.00 e. The molecular formula is C3BrCl3N3NaO3. The average Bonchev–Trinajstić information content (AvgIpc) is 2.08. The molecule has 74 valence electrons. The van der Waals surface area contributed by atoms with Crippen LogP contribution in [0.15, 0.2) is 14.4 Å². The molecule has 0 unspecified atom stereocenters. The Kier molecular flexibility index (Phi) is 7.80. The van der Waals surface area contributed by atoms with Gasteiger partial charge in [0.1, 0.15) is 0 Å². The SMILES string of the molecule is O=c1n(Cl)c(=O)n(Cl)c(=O)n1Cl.[Br-].[Na+]. The molecule has 1 rings (SSSR count). The summed E-state index contributed by atoms with van der Waals surface area (Å²) in [5.74, 6) is 0. The Balaban J connectivity index is 0. The van der Waals surface area contributed by atoms with Crippen molar-refractivity contribution in [1.29, 1.82) is 0 Å². The summed E-state index contributed by atoms with van der Waals surface area (Å²) in [6.07, 6.45) is 0. The number of nitrogens with zero attached hydrogens (tertiary/aromatic N) is 3. The maximum atomic E-state index is 10.8. The molecule has 0 amide bonds. The first-order valence-electron chi connectivity index (χ1n) is 2.46. The van der Waals surface area contributed by atoms with Crippen LogP contribution in [-0.4, -0.2) is 12.3 Å². The van der Waals surface area contributed by atoms with Gasteiger partial charge in [0.2, 0.25) is 0 Å². The zero-order valence-corrected chi connectivity index (χ0v) is 12.4. The first-order chi connectivity index (χ1) is 5.46. The minimum atomic E-state index is -1.16. The topological polar surface area (TPSA) is 66.0 Å². The average molecular weight is 335 g/mol. The molecule has 1 heterocycles. The van der Waals surface area contributed by atoms with Crippen molar-refractivity contribution < 1.29 is 46.5 Å². The summed E-state index contributed by atoms with van der Waals surface area (Å²) in [6.45, 7) is 0. The summed E-state index contributed by atoms with van der Waals surface area (Å²) in [6, 6.07) is 0. The van der Waals surface area contributed by atoms with E-state index < -0.39 is 17.1 Å². The Hall–Kier alpha value is 0.760. The molecule has 0 N–H and O–H groups in total. The van der Waals surface area contributed by atoms with Crippen LogP contribution in [0.2, 0.25) is 0 Å². The van der Waals surface area contributed by atoms with E-state index in [9.17, 15) is 14.4 Å². The van der Waals surface area contributed by atoms with Crippen LogP contribution in [0.4, 0.5) is 0 Å². The number of rotatable bonds is 0. The van der Waals surface area contributed by atoms with Crippen LogP contribution in [0.25, 0.3) is 0 Å². The molecule has 0 aliphatic heterocycles. The molecule has 1 aromatic heterocycles. The molecule has 0 aliphatic carbocycles. The summed E-state index contributed by atoms with van der Waals surface area (Å²) in [5, 5.41) is 0. The Bertz CT molecular complexity index is 391. The van der Waals surface area contributed by atoms with E-state index in [4.69, 9.17) is 35.3 Å². The van der Waals surface area contributed by atoms with Crippen LogP contribution in [0, 0.1) is 0 Å². The van der Waals surface area contributed by atoms with Gasteiger partial charge in [-0.3, -0.25) is 0 Å². The Morgan fingerprint density at radius 1 is 0.714 bits per heavy atom. The van der Waals surface area contributed by atoms with E-state index in [2.05, 4.69) is 0 Å². The zero-order valence-electron chi connectivity index (χ0n) is 6.58. The molecule has 1 aromatic rings. The summed E-state index contributed by atoms with van der Waals surface area (Å²) in [5.41, 5.74) is -3.49. The van der Waals surface area contributed by atoms with Crippen molar-refractivity contribution in [3.63, 3.8) is 0 Å². The molecular weight excluding hydrogens is 335 g/mol. The van der Waals surface area contributed by atoms with Gasteiger partial charge >= 0.3 is 46.6 Å². The van der Waals surface area contributed by atoms with E-state index >= 15 is 0 Å². The van der Waals surface area contributed by atoms with Crippen LogP contribution in [0.1, 0.15) is 0 Å². The molecule has 0 spiro atoms. The fourth-order valence-electron chi connectivity index (χ4n) is 0.477. The van der Waals surface area contributed by atoms with Gasteiger partial charge in [-0.1, -0.05) is 0 Å². The quantitative estimate of drug-likeness (QED) is 0.443. The summed E-state index contributed by atoms with van der Waals surface area (Å²) in [4.78, 5) is 32.3. The molecule has 0 bridgehead atoms. The second-order valence-corrected chi connectivity index (χ2v) is 2.70. The standard InChI is InChI=1S/C3Cl3N3O3.BrH.Na/c4-7-1(10)8(5)3(12)9(6)2(7)11;;/h;1H;/q;;+1/p-1. The van der Waals surface area contributed by atoms with Crippen molar-refractivity contribution in [3.8, 4) is 0 Å². The summed E-state index contributed by atoms with van der Waals surface area (Å²) >= 11 is 15.3. The first-order valence-corrected chi connectivity index (χ1v) is 3.48. The first kappa shape index (κ1) is 17.2. The molecule has 0 aliphatic rings. The van der Waals surface area contributed by atoms with Gasteiger partial charge in [-0.15, -0.1) is 12.3 Å². The van der Waals surface area contributed by atoms with Gasteiger partial charge in [0, 0.05) is 35.3 Å². The van der Waals surface area contributed by atoms with E-state index in [0.29, 0.717) is 0 Å². The van der Waals surface area contributed by atoms with Gasteiger partial charge in [0.15, 0.2) is 0 Å². The van der Waals surface area contributed by atoms with Crippen LogP contribution in [0.5, 0.6) is 0 Å². The molecule has 0 saturated heterocycles. The fraction of sp³-hybridized carbons (Fsp3) is 0. The molecule has 6 nitrogen and oxygen atoms in total. The molecule has 0 fully saturated rings. The van der Waals surface area contributed by atoms with E-state index in [0.717, 1.165) is 0 Å². The smallest absolute Gasteiger partial charge is 1.00 e. The van der Waals surface area contributed by atoms with Crippen molar-refractivity contribution in [2.24, 2.45) is 0 Å². The Morgan fingerprint density at radius 3 is 1.00 bits per heavy atom. The van der Waals surface area contributed by atoms with Crippen molar-refractivity contribution in [2.75, 3.05) is 0 Å². The van der Waals surface area contributed by atoms with E-state index in [1.54, 1.807) is 0 Å². The third-order valence-electron chi connectivity index (χ3n) is 1.01. The van der Waals surface area contributed by atoms with Gasteiger partial charge in [-0.25, -0.2) is 14.4 Å². The number of aromatic nitrogens is 3. The molecule has 14 heavy (non-hydrogen) atoms. The van der Waals surface area contributed by atoms with Gasteiger partial charge in [0.25, 0.3) is 0 Å². The monoisotopic (exact) mass is 333 g/mol. The minimum Gasteiger partial charge on any atom is -1.00 e. The third-order valence-corrected chi connectivity index (χ3v) is 1.88. The van der Waals surface area contributed by atoms with E-state index in [1.807, 2.05) is 0 Å². The van der Waals surface area contributed by atoms with Crippen LogP contribution in [0.3, 0.4) is 0 Å². The van der Waals surface area contributed by atoms with Crippen molar-refractivity contribution in [1.82, 2.24) is 12.3 Å². The summed E-state index contributed by atoms with van der Waals surface area (Å²) < 4.78 is 0.254.